The van der Waals surface area contributed by atoms with Crippen LogP contribution in [0.1, 0.15) is 31.1 Å². The van der Waals surface area contributed by atoms with E-state index in [-0.39, 0.29) is 11.7 Å². The van der Waals surface area contributed by atoms with Crippen LogP contribution in [-0.2, 0) is 7.05 Å². The van der Waals surface area contributed by atoms with Gasteiger partial charge in [-0.05, 0) is 43.7 Å². The average molecular weight is 419 g/mol. The Bertz CT molecular complexity index is 1020. The Morgan fingerprint density at radius 3 is 2.22 bits per heavy atom. The zero-order valence-electron chi connectivity index (χ0n) is 15.3. The number of hydrogen-bond donors (Lipinski definition) is 0. The molecule has 0 aliphatic rings. The van der Waals surface area contributed by atoms with Gasteiger partial charge in [-0.1, -0.05) is 71.4 Å². The Hall–Kier alpha value is -1.88. The molecule has 6 heteroatoms. The van der Waals surface area contributed by atoms with Crippen molar-refractivity contribution in [3.8, 4) is 0 Å². The van der Waals surface area contributed by atoms with Gasteiger partial charge in [0.15, 0.2) is 0 Å². The normalized spacial score (nSPS) is 11.6. The lowest BCUT2D eigenvalue weighted by Crippen LogP contribution is -2.24. The number of halogens is 2. The van der Waals surface area contributed by atoms with Crippen molar-refractivity contribution < 1.29 is 0 Å². The lowest BCUT2D eigenvalue weighted by Gasteiger charge is -2.11. The lowest BCUT2D eigenvalue weighted by atomic mass is 10.2. The molecule has 0 bridgehead atoms. The summed E-state index contributed by atoms with van der Waals surface area (Å²) < 4.78 is 3.47. The minimum Gasteiger partial charge on any atom is -0.294 e. The molecule has 0 radical (unpaired) electrons. The van der Waals surface area contributed by atoms with Gasteiger partial charge in [0, 0.05) is 28.0 Å². The molecule has 3 aromatic rings. The van der Waals surface area contributed by atoms with Crippen LogP contribution in [0.3, 0.4) is 0 Å². The molecule has 0 fully saturated rings. The molecule has 0 unspecified atom stereocenters. The second-order valence-corrected chi connectivity index (χ2v) is 8.38. The molecule has 0 saturated carbocycles. The molecule has 1 heterocycles. The fraction of sp³-hybridized carbons (Fsp3) is 0.190. The second-order valence-electron chi connectivity index (χ2n) is 6.45. The molecule has 3 rings (SSSR count). The first-order chi connectivity index (χ1) is 12.9. The first-order valence-corrected chi connectivity index (χ1v) is 10.1. The Morgan fingerprint density at radius 2 is 1.63 bits per heavy atom. The van der Waals surface area contributed by atoms with Crippen molar-refractivity contribution in [2.75, 3.05) is 0 Å². The van der Waals surface area contributed by atoms with E-state index in [4.69, 9.17) is 23.2 Å². The predicted molar refractivity (Wildman–Crippen MR) is 116 cm³/mol. The quantitative estimate of drug-likeness (QED) is 0.479. The molecule has 3 nitrogen and oxygen atoms in total. The number of imidazole rings is 1. The summed E-state index contributed by atoms with van der Waals surface area (Å²) >= 11 is 13.8. The largest absolute Gasteiger partial charge is 0.329 e. The molecule has 1 aromatic heterocycles. The minimum atomic E-state index is -0.0478. The average Bonchev–Trinajstić information content (AvgIpc) is 2.83. The summed E-state index contributed by atoms with van der Waals surface area (Å²) in [6.07, 6.45) is 3.98. The fourth-order valence-corrected chi connectivity index (χ4v) is 4.74. The van der Waals surface area contributed by atoms with E-state index in [1.165, 1.54) is 11.8 Å². The summed E-state index contributed by atoms with van der Waals surface area (Å²) in [7, 11) is 1.79. The topological polar surface area (TPSA) is 26.9 Å². The van der Waals surface area contributed by atoms with Crippen LogP contribution in [0.2, 0.25) is 10.0 Å². The van der Waals surface area contributed by atoms with E-state index in [1.54, 1.807) is 22.2 Å². The Kier molecular flexibility index (Phi) is 6.20. The SMILES string of the molecule is CC(C)n1c(Sc2cc(Cl)cc(Cl)c2)c(/C=C/c2ccccc2)n(C)c1=O. The lowest BCUT2D eigenvalue weighted by molar-refractivity contribution is 0.533. The van der Waals surface area contributed by atoms with Gasteiger partial charge in [0.05, 0.1) is 5.69 Å². The van der Waals surface area contributed by atoms with E-state index in [1.807, 2.05) is 68.5 Å². The Labute approximate surface area is 173 Å². The first kappa shape index (κ1) is 19.9. The summed E-state index contributed by atoms with van der Waals surface area (Å²) in [6, 6.07) is 15.4. The third kappa shape index (κ3) is 4.52. The van der Waals surface area contributed by atoms with Gasteiger partial charge in [-0.3, -0.25) is 9.13 Å². The van der Waals surface area contributed by atoms with Crippen LogP contribution in [0.15, 0.2) is 63.2 Å². The van der Waals surface area contributed by atoms with Crippen LogP contribution in [0.25, 0.3) is 12.2 Å². The van der Waals surface area contributed by atoms with Crippen LogP contribution in [0.4, 0.5) is 0 Å². The van der Waals surface area contributed by atoms with Crippen molar-refractivity contribution in [2.24, 2.45) is 7.05 Å². The van der Waals surface area contributed by atoms with Gasteiger partial charge in [0.2, 0.25) is 0 Å². The first-order valence-electron chi connectivity index (χ1n) is 8.55. The maximum Gasteiger partial charge on any atom is 0.329 e. The summed E-state index contributed by atoms with van der Waals surface area (Å²) in [6.45, 7) is 4.00. The Balaban J connectivity index is 2.11. The number of rotatable bonds is 5. The maximum atomic E-state index is 12.8. The monoisotopic (exact) mass is 418 g/mol. The summed E-state index contributed by atoms with van der Waals surface area (Å²) in [4.78, 5) is 13.7. The van der Waals surface area contributed by atoms with Crippen LogP contribution >= 0.6 is 35.0 Å². The molecule has 0 spiro atoms. The number of nitrogens with zero attached hydrogens (tertiary/aromatic N) is 2. The van der Waals surface area contributed by atoms with Crippen LogP contribution < -0.4 is 5.69 Å². The van der Waals surface area contributed by atoms with Crippen LogP contribution in [0.5, 0.6) is 0 Å². The van der Waals surface area contributed by atoms with Crippen molar-refractivity contribution in [1.29, 1.82) is 0 Å². The highest BCUT2D eigenvalue weighted by Gasteiger charge is 2.19. The van der Waals surface area contributed by atoms with Gasteiger partial charge in [0.1, 0.15) is 5.03 Å². The van der Waals surface area contributed by atoms with Gasteiger partial charge >= 0.3 is 5.69 Å². The molecule has 0 aliphatic heterocycles. The highest BCUT2D eigenvalue weighted by atomic mass is 35.5. The molecule has 2 aromatic carbocycles. The van der Waals surface area contributed by atoms with Gasteiger partial charge in [-0.15, -0.1) is 0 Å². The van der Waals surface area contributed by atoms with E-state index in [0.717, 1.165) is 21.2 Å². The molecule has 140 valence electrons. The van der Waals surface area contributed by atoms with Gasteiger partial charge in [-0.2, -0.15) is 0 Å². The summed E-state index contributed by atoms with van der Waals surface area (Å²) in [5.41, 5.74) is 1.87. The van der Waals surface area contributed by atoms with Gasteiger partial charge in [-0.25, -0.2) is 4.79 Å². The second kappa shape index (κ2) is 8.42. The minimum absolute atomic E-state index is 0.0275. The van der Waals surface area contributed by atoms with Crippen LogP contribution in [0, 0.1) is 0 Å². The van der Waals surface area contributed by atoms with Crippen molar-refractivity contribution >= 4 is 47.1 Å². The van der Waals surface area contributed by atoms with Crippen molar-refractivity contribution in [1.82, 2.24) is 9.13 Å². The fourth-order valence-electron chi connectivity index (χ4n) is 2.80. The standard InChI is InChI=1S/C21H20Cl2N2OS/c1-14(2)25-20(27-18-12-16(22)11-17(23)13-18)19(24(3)21(25)26)10-9-15-7-5-4-6-8-15/h4-14H,1-3H3/b10-9+. The highest BCUT2D eigenvalue weighted by Crippen LogP contribution is 2.35. The number of hydrogen-bond acceptors (Lipinski definition) is 2. The molecule has 0 amide bonds. The van der Waals surface area contributed by atoms with Crippen molar-refractivity contribution in [3.63, 3.8) is 0 Å². The molecule has 0 aliphatic carbocycles. The summed E-state index contributed by atoms with van der Waals surface area (Å²) in [5.74, 6) is 0. The third-order valence-electron chi connectivity index (χ3n) is 4.09. The van der Waals surface area contributed by atoms with E-state index >= 15 is 0 Å². The molecule has 0 saturated heterocycles. The van der Waals surface area contributed by atoms with E-state index in [2.05, 4.69) is 0 Å². The van der Waals surface area contributed by atoms with Crippen LogP contribution in [-0.4, -0.2) is 9.13 Å². The molecular formula is C21H20Cl2N2OS. The molecule has 27 heavy (non-hydrogen) atoms. The molecule has 0 N–H and O–H groups in total. The predicted octanol–water partition coefficient (Wildman–Crippen LogP) is 6.40. The highest BCUT2D eigenvalue weighted by molar-refractivity contribution is 7.99. The Morgan fingerprint density at radius 1 is 1.00 bits per heavy atom. The summed E-state index contributed by atoms with van der Waals surface area (Å²) in [5, 5.41) is 2.00. The van der Waals surface area contributed by atoms with E-state index < -0.39 is 0 Å². The molecular weight excluding hydrogens is 399 g/mol. The van der Waals surface area contributed by atoms with E-state index in [9.17, 15) is 4.79 Å². The zero-order chi connectivity index (χ0) is 19.6. The number of aromatic nitrogens is 2. The number of benzene rings is 2. The van der Waals surface area contributed by atoms with E-state index in [0.29, 0.717) is 10.0 Å². The maximum absolute atomic E-state index is 12.8. The third-order valence-corrected chi connectivity index (χ3v) is 5.60. The van der Waals surface area contributed by atoms with Gasteiger partial charge < -0.3 is 0 Å². The van der Waals surface area contributed by atoms with Crippen molar-refractivity contribution in [3.05, 3.63) is 80.3 Å². The van der Waals surface area contributed by atoms with Gasteiger partial charge in [0.25, 0.3) is 0 Å². The smallest absolute Gasteiger partial charge is 0.294 e. The molecule has 0 atom stereocenters. The zero-order valence-corrected chi connectivity index (χ0v) is 17.6. The van der Waals surface area contributed by atoms with Crippen molar-refractivity contribution in [2.45, 2.75) is 29.8 Å².